The van der Waals surface area contributed by atoms with Crippen molar-refractivity contribution in [1.29, 1.82) is 0 Å². The highest BCUT2D eigenvalue weighted by Gasteiger charge is 2.03. The van der Waals surface area contributed by atoms with Gasteiger partial charge < -0.3 is 5.32 Å². The van der Waals surface area contributed by atoms with Crippen molar-refractivity contribution in [2.75, 3.05) is 5.32 Å². The van der Waals surface area contributed by atoms with Crippen molar-refractivity contribution in [2.24, 2.45) is 0 Å². The van der Waals surface area contributed by atoms with Crippen molar-refractivity contribution in [3.63, 3.8) is 0 Å². The van der Waals surface area contributed by atoms with Crippen LogP contribution in [0.2, 0.25) is 0 Å². The maximum Gasteiger partial charge on any atom is 0.187 e. The molecule has 0 fully saturated rings. The smallest absolute Gasteiger partial charge is 0.187 e. The van der Waals surface area contributed by atoms with Crippen LogP contribution in [0.15, 0.2) is 54.2 Å². The number of anilines is 1. The van der Waals surface area contributed by atoms with Crippen LogP contribution in [0.4, 0.5) is 5.69 Å². The van der Waals surface area contributed by atoms with E-state index in [4.69, 9.17) is 0 Å². The number of ketones is 1. The lowest BCUT2D eigenvalue weighted by atomic mass is 10.1. The third-order valence-corrected chi connectivity index (χ3v) is 3.53. The highest BCUT2D eigenvalue weighted by molar-refractivity contribution is 6.05. The van der Waals surface area contributed by atoms with E-state index in [1.165, 1.54) is 11.1 Å². The van der Waals surface area contributed by atoms with Gasteiger partial charge in [-0.25, -0.2) is 0 Å². The number of carbonyl (C=O) groups is 1. The zero-order valence-electron chi connectivity index (χ0n) is 13.0. The lowest BCUT2D eigenvalue weighted by Crippen LogP contribution is -2.01. The Morgan fingerprint density at radius 3 is 2.24 bits per heavy atom. The predicted molar refractivity (Wildman–Crippen MR) is 88.8 cm³/mol. The van der Waals surface area contributed by atoms with Crippen molar-refractivity contribution in [1.82, 2.24) is 0 Å². The Labute approximate surface area is 126 Å². The molecule has 21 heavy (non-hydrogen) atoms. The van der Waals surface area contributed by atoms with Crippen LogP contribution in [-0.4, -0.2) is 5.78 Å². The van der Waals surface area contributed by atoms with E-state index in [1.54, 1.807) is 6.08 Å². The zero-order valence-corrected chi connectivity index (χ0v) is 13.0. The van der Waals surface area contributed by atoms with E-state index < -0.39 is 0 Å². The van der Waals surface area contributed by atoms with E-state index in [0.29, 0.717) is 5.56 Å². The van der Waals surface area contributed by atoms with Crippen LogP contribution in [-0.2, 0) is 0 Å². The summed E-state index contributed by atoms with van der Waals surface area (Å²) in [6.07, 6.45) is 1.64. The largest absolute Gasteiger partial charge is 0.359 e. The maximum atomic E-state index is 12.2. The Bertz CT molecular complexity index is 681. The monoisotopic (exact) mass is 279 g/mol. The minimum absolute atomic E-state index is 0.0174. The fourth-order valence-electron chi connectivity index (χ4n) is 2.08. The van der Waals surface area contributed by atoms with Crippen LogP contribution >= 0.6 is 0 Å². The van der Waals surface area contributed by atoms with E-state index in [2.05, 4.69) is 31.3 Å². The highest BCUT2D eigenvalue weighted by Crippen LogP contribution is 2.16. The molecule has 0 aliphatic carbocycles. The topological polar surface area (TPSA) is 29.1 Å². The summed E-state index contributed by atoms with van der Waals surface area (Å²) in [5.41, 5.74) is 6.20. The first-order chi connectivity index (χ1) is 9.95. The van der Waals surface area contributed by atoms with Crippen molar-refractivity contribution in [3.05, 3.63) is 76.5 Å². The summed E-state index contributed by atoms with van der Waals surface area (Å²) < 4.78 is 0. The first-order valence-electron chi connectivity index (χ1n) is 7.09. The Morgan fingerprint density at radius 1 is 0.952 bits per heavy atom. The van der Waals surface area contributed by atoms with Crippen molar-refractivity contribution in [3.8, 4) is 0 Å². The first-order valence-corrected chi connectivity index (χ1v) is 7.09. The zero-order chi connectivity index (χ0) is 15.4. The number of rotatable bonds is 4. The van der Waals surface area contributed by atoms with E-state index in [1.807, 2.05) is 44.2 Å². The van der Waals surface area contributed by atoms with Gasteiger partial charge in [0.05, 0.1) is 0 Å². The maximum absolute atomic E-state index is 12.2. The summed E-state index contributed by atoms with van der Waals surface area (Å²) in [6.45, 7) is 8.08. The summed E-state index contributed by atoms with van der Waals surface area (Å²) in [5, 5.41) is 3.26. The van der Waals surface area contributed by atoms with Crippen molar-refractivity contribution < 1.29 is 4.79 Å². The molecule has 0 atom stereocenters. The van der Waals surface area contributed by atoms with E-state index >= 15 is 0 Å². The molecule has 0 heterocycles. The molecule has 2 rings (SSSR count). The Hall–Kier alpha value is -2.35. The molecule has 0 amide bonds. The molecule has 0 spiro atoms. The molecule has 0 radical (unpaired) electrons. The second-order valence-corrected chi connectivity index (χ2v) is 5.48. The molecule has 0 unspecified atom stereocenters. The fraction of sp³-hybridized carbons (Fsp3) is 0.211. The third kappa shape index (κ3) is 4.06. The van der Waals surface area contributed by atoms with Crippen LogP contribution in [0.5, 0.6) is 0 Å². The number of nitrogens with one attached hydrogen (secondary N) is 1. The minimum atomic E-state index is 0.0174. The molecule has 0 aliphatic rings. The highest BCUT2D eigenvalue weighted by atomic mass is 16.1. The number of aryl methyl sites for hydroxylation is 3. The lowest BCUT2D eigenvalue weighted by Gasteiger charge is -2.09. The van der Waals surface area contributed by atoms with Gasteiger partial charge in [-0.2, -0.15) is 0 Å². The second kappa shape index (κ2) is 6.40. The fourth-order valence-corrected chi connectivity index (χ4v) is 2.08. The normalized spacial score (nSPS) is 11.3. The van der Waals surface area contributed by atoms with Crippen molar-refractivity contribution in [2.45, 2.75) is 27.7 Å². The SMILES string of the molecule is C/C(=C\C(=O)c1ccc(C)cc1)Nc1ccc(C)c(C)c1. The van der Waals surface area contributed by atoms with Crippen molar-refractivity contribution >= 4 is 11.5 Å². The van der Waals surface area contributed by atoms with Crippen LogP contribution in [0, 0.1) is 20.8 Å². The molecule has 0 saturated heterocycles. The van der Waals surface area contributed by atoms with Gasteiger partial charge in [0.25, 0.3) is 0 Å². The average Bonchev–Trinajstić information content (AvgIpc) is 2.43. The van der Waals surface area contributed by atoms with Gasteiger partial charge in [-0.1, -0.05) is 35.9 Å². The van der Waals surface area contributed by atoms with Crippen LogP contribution < -0.4 is 5.32 Å². The molecule has 0 bridgehead atoms. The molecule has 0 aromatic heterocycles. The van der Waals surface area contributed by atoms with Gasteiger partial charge >= 0.3 is 0 Å². The quantitative estimate of drug-likeness (QED) is 0.642. The van der Waals surface area contributed by atoms with Gasteiger partial charge in [-0.15, -0.1) is 0 Å². The Morgan fingerprint density at radius 2 is 1.62 bits per heavy atom. The average molecular weight is 279 g/mol. The van der Waals surface area contributed by atoms with E-state index in [9.17, 15) is 4.79 Å². The van der Waals surface area contributed by atoms with Gasteiger partial charge in [0.2, 0.25) is 0 Å². The molecule has 0 aliphatic heterocycles. The van der Waals surface area contributed by atoms with Crippen LogP contribution in [0.1, 0.15) is 34.0 Å². The first kappa shape index (κ1) is 15.0. The Balaban J connectivity index is 2.11. The molecule has 108 valence electrons. The van der Waals surface area contributed by atoms with Crippen LogP contribution in [0.3, 0.4) is 0 Å². The van der Waals surface area contributed by atoms with Gasteiger partial charge in [0.1, 0.15) is 0 Å². The summed E-state index contributed by atoms with van der Waals surface area (Å²) in [5.74, 6) is 0.0174. The molecule has 2 aromatic carbocycles. The molecular formula is C19H21NO. The van der Waals surface area contributed by atoms with Gasteiger partial charge in [-0.05, 0) is 51.0 Å². The van der Waals surface area contributed by atoms with Gasteiger partial charge in [0, 0.05) is 23.0 Å². The molecule has 2 nitrogen and oxygen atoms in total. The second-order valence-electron chi connectivity index (χ2n) is 5.48. The summed E-state index contributed by atoms with van der Waals surface area (Å²) in [6, 6.07) is 13.8. The number of allylic oxidation sites excluding steroid dienone is 2. The van der Waals surface area contributed by atoms with Gasteiger partial charge in [0.15, 0.2) is 5.78 Å². The number of benzene rings is 2. The van der Waals surface area contributed by atoms with E-state index in [-0.39, 0.29) is 5.78 Å². The van der Waals surface area contributed by atoms with Gasteiger partial charge in [-0.3, -0.25) is 4.79 Å². The predicted octanol–water partition coefficient (Wildman–Crippen LogP) is 4.81. The molecule has 0 saturated carbocycles. The minimum Gasteiger partial charge on any atom is -0.359 e. The summed E-state index contributed by atoms with van der Waals surface area (Å²) in [4.78, 5) is 12.2. The molecule has 1 N–H and O–H groups in total. The molecular weight excluding hydrogens is 258 g/mol. The lowest BCUT2D eigenvalue weighted by molar-refractivity contribution is 0.104. The summed E-state index contributed by atoms with van der Waals surface area (Å²) in [7, 11) is 0. The van der Waals surface area contributed by atoms with Crippen LogP contribution in [0.25, 0.3) is 0 Å². The third-order valence-electron chi connectivity index (χ3n) is 3.53. The van der Waals surface area contributed by atoms with E-state index in [0.717, 1.165) is 16.9 Å². The number of hydrogen-bond donors (Lipinski definition) is 1. The molecule has 2 heteroatoms. The number of hydrogen-bond acceptors (Lipinski definition) is 2. The Kier molecular flexibility index (Phi) is 4.59. The molecule has 2 aromatic rings. The number of carbonyl (C=O) groups excluding carboxylic acids is 1. The summed E-state index contributed by atoms with van der Waals surface area (Å²) >= 11 is 0. The standard InChI is InChI=1S/C19H21NO/c1-13-5-8-17(9-6-13)19(21)12-16(4)20-18-10-7-14(2)15(3)11-18/h5-12,20H,1-4H3/b16-12+.